The highest BCUT2D eigenvalue weighted by Crippen LogP contribution is 2.34. The van der Waals surface area contributed by atoms with Crippen molar-refractivity contribution < 1.29 is 36.0 Å². The highest BCUT2D eigenvalue weighted by molar-refractivity contribution is 7.93. The number of non-ortho nitro benzene ring substituents is 1. The maximum absolute atomic E-state index is 13.2. The number of aryl methyl sites for hydroxylation is 1. The normalized spacial score (nSPS) is 11.8. The maximum atomic E-state index is 13.2. The van der Waals surface area contributed by atoms with Gasteiger partial charge in [-0.25, -0.2) is 8.42 Å². The molecule has 2 aromatic rings. The molecular weight excluding hydrogens is 429 g/mol. The van der Waals surface area contributed by atoms with E-state index in [4.69, 9.17) is 4.74 Å². The van der Waals surface area contributed by atoms with Gasteiger partial charge < -0.3 is 4.74 Å². The van der Waals surface area contributed by atoms with Crippen LogP contribution in [0.5, 0.6) is 0 Å². The Hall–Kier alpha value is -3.15. The van der Waals surface area contributed by atoms with Crippen LogP contribution in [0.15, 0.2) is 47.4 Å². The number of alkyl halides is 3. The molecule has 162 valence electrons. The van der Waals surface area contributed by atoms with Gasteiger partial charge in [0, 0.05) is 12.1 Å². The van der Waals surface area contributed by atoms with Crippen molar-refractivity contribution in [3.8, 4) is 0 Å². The Balaban J connectivity index is 2.67. The molecule has 0 aliphatic carbocycles. The molecule has 0 radical (unpaired) electrons. The molecule has 0 aliphatic heterocycles. The summed E-state index contributed by atoms with van der Waals surface area (Å²) in [5.74, 6) is -0.999. The van der Waals surface area contributed by atoms with Crippen molar-refractivity contribution in [3.63, 3.8) is 0 Å². The molecule has 0 bridgehead atoms. The number of nitrogens with zero attached hydrogens (tertiary/aromatic N) is 2. The van der Waals surface area contributed by atoms with Crippen LogP contribution in [0, 0.1) is 17.0 Å². The number of nitro benzene ring substituents is 1. The third-order valence-electron chi connectivity index (χ3n) is 3.99. The topological polar surface area (TPSA) is 107 Å². The van der Waals surface area contributed by atoms with Crippen molar-refractivity contribution in [2.75, 3.05) is 17.5 Å². The van der Waals surface area contributed by atoms with Gasteiger partial charge in [0.2, 0.25) is 0 Å². The first-order chi connectivity index (χ1) is 13.9. The SMILES string of the molecule is CCOC(=O)CN(c1cccc(C(F)(F)F)c1)S(=O)(=O)c1cc([N+](=O)[O-])ccc1C. The predicted octanol–water partition coefficient (Wildman–Crippen LogP) is 3.68. The maximum Gasteiger partial charge on any atom is 0.416 e. The zero-order valence-corrected chi connectivity index (χ0v) is 16.7. The Labute approximate surface area is 170 Å². The van der Waals surface area contributed by atoms with Gasteiger partial charge in [0.15, 0.2) is 0 Å². The highest BCUT2D eigenvalue weighted by atomic mass is 32.2. The van der Waals surface area contributed by atoms with Crippen LogP contribution in [0.25, 0.3) is 0 Å². The smallest absolute Gasteiger partial charge is 0.416 e. The summed E-state index contributed by atoms with van der Waals surface area (Å²) in [5.41, 5.74) is -1.98. The average Bonchev–Trinajstić information content (AvgIpc) is 2.65. The molecule has 30 heavy (non-hydrogen) atoms. The Kier molecular flexibility index (Phi) is 6.70. The molecule has 0 spiro atoms. The molecule has 0 unspecified atom stereocenters. The van der Waals surface area contributed by atoms with Gasteiger partial charge in [0.25, 0.3) is 15.7 Å². The van der Waals surface area contributed by atoms with E-state index in [1.165, 1.54) is 19.9 Å². The van der Waals surface area contributed by atoms with Gasteiger partial charge in [0.1, 0.15) is 6.54 Å². The summed E-state index contributed by atoms with van der Waals surface area (Å²) in [7, 11) is -4.66. The van der Waals surface area contributed by atoms with Gasteiger partial charge in [-0.05, 0) is 37.6 Å². The number of anilines is 1. The van der Waals surface area contributed by atoms with Crippen LogP contribution in [0.1, 0.15) is 18.1 Å². The molecule has 0 fully saturated rings. The lowest BCUT2D eigenvalue weighted by Gasteiger charge is -2.25. The molecule has 12 heteroatoms. The Bertz CT molecular complexity index is 1070. The minimum Gasteiger partial charge on any atom is -0.465 e. The fraction of sp³-hybridized carbons (Fsp3) is 0.278. The molecule has 0 N–H and O–H groups in total. The van der Waals surface area contributed by atoms with Crippen molar-refractivity contribution in [2.24, 2.45) is 0 Å². The van der Waals surface area contributed by atoms with Gasteiger partial charge in [-0.3, -0.25) is 19.2 Å². The molecule has 2 aromatic carbocycles. The summed E-state index contributed by atoms with van der Waals surface area (Å²) in [4.78, 5) is 21.7. The number of rotatable bonds is 7. The molecule has 0 saturated carbocycles. The van der Waals surface area contributed by atoms with Crippen LogP contribution >= 0.6 is 0 Å². The van der Waals surface area contributed by atoms with Crippen LogP contribution in [0.2, 0.25) is 0 Å². The predicted molar refractivity (Wildman–Crippen MR) is 100 cm³/mol. The van der Waals surface area contributed by atoms with Gasteiger partial charge in [-0.2, -0.15) is 13.2 Å². The number of carbonyl (C=O) groups excluding carboxylic acids is 1. The average molecular weight is 446 g/mol. The number of esters is 1. The largest absolute Gasteiger partial charge is 0.465 e. The summed E-state index contributed by atoms with van der Waals surface area (Å²) in [6.45, 7) is 1.85. The number of sulfonamides is 1. The van der Waals surface area contributed by atoms with Gasteiger partial charge in [-0.1, -0.05) is 12.1 Å². The molecule has 0 aromatic heterocycles. The number of hydrogen-bond acceptors (Lipinski definition) is 6. The lowest BCUT2D eigenvalue weighted by Crippen LogP contribution is -2.37. The first-order valence-electron chi connectivity index (χ1n) is 8.48. The number of ether oxygens (including phenoxy) is 1. The van der Waals surface area contributed by atoms with Crippen molar-refractivity contribution in [1.29, 1.82) is 0 Å². The Morgan fingerprint density at radius 3 is 2.43 bits per heavy atom. The van der Waals surface area contributed by atoms with E-state index in [1.54, 1.807) is 0 Å². The number of carbonyl (C=O) groups is 1. The molecular formula is C18H17F3N2O6S. The first kappa shape index (κ1) is 23.1. The van der Waals surface area contributed by atoms with E-state index >= 15 is 0 Å². The first-order valence-corrected chi connectivity index (χ1v) is 9.92. The molecule has 2 rings (SSSR count). The fourth-order valence-electron chi connectivity index (χ4n) is 2.58. The van der Waals surface area contributed by atoms with E-state index < -0.39 is 55.5 Å². The zero-order chi connectivity index (χ0) is 22.7. The summed E-state index contributed by atoms with van der Waals surface area (Å²) in [5, 5.41) is 11.0. The summed E-state index contributed by atoms with van der Waals surface area (Å²) in [6.07, 6.45) is -4.75. The standard InChI is InChI=1S/C18H17F3N2O6S/c1-3-29-17(24)11-22(14-6-4-5-13(9-14)18(19,20)21)30(27,28)16-10-15(23(25)26)8-7-12(16)2/h4-10H,3,11H2,1-2H3. The van der Waals surface area contributed by atoms with Crippen LogP contribution in [-0.2, 0) is 25.7 Å². The van der Waals surface area contributed by atoms with E-state index in [9.17, 15) is 36.5 Å². The second kappa shape index (κ2) is 8.69. The Morgan fingerprint density at radius 2 is 1.87 bits per heavy atom. The van der Waals surface area contributed by atoms with Crippen LogP contribution in [0.3, 0.4) is 0 Å². The second-order valence-corrected chi connectivity index (χ2v) is 7.90. The summed E-state index contributed by atoms with van der Waals surface area (Å²) in [6, 6.07) is 6.47. The fourth-order valence-corrected chi connectivity index (χ4v) is 4.22. The minimum absolute atomic E-state index is 0.0782. The summed E-state index contributed by atoms with van der Waals surface area (Å²) >= 11 is 0. The van der Waals surface area contributed by atoms with Crippen molar-refractivity contribution >= 4 is 27.4 Å². The van der Waals surface area contributed by atoms with Crippen LogP contribution < -0.4 is 4.31 Å². The van der Waals surface area contributed by atoms with E-state index in [2.05, 4.69) is 0 Å². The van der Waals surface area contributed by atoms with Gasteiger partial charge in [0.05, 0.1) is 27.7 Å². The minimum atomic E-state index is -4.75. The molecule has 0 atom stereocenters. The second-order valence-electron chi connectivity index (χ2n) is 6.07. The number of halogens is 3. The van der Waals surface area contributed by atoms with E-state index in [0.29, 0.717) is 10.4 Å². The molecule has 0 saturated heterocycles. The molecule has 0 amide bonds. The number of hydrogen-bond donors (Lipinski definition) is 0. The molecule has 8 nitrogen and oxygen atoms in total. The van der Waals surface area contributed by atoms with Gasteiger partial charge in [-0.15, -0.1) is 0 Å². The third kappa shape index (κ3) is 5.06. The van der Waals surface area contributed by atoms with E-state index in [-0.39, 0.29) is 12.2 Å². The summed E-state index contributed by atoms with van der Waals surface area (Å²) < 4.78 is 71.0. The lowest BCUT2D eigenvalue weighted by molar-refractivity contribution is -0.385. The van der Waals surface area contributed by atoms with Crippen molar-refractivity contribution in [2.45, 2.75) is 24.9 Å². The van der Waals surface area contributed by atoms with Crippen molar-refractivity contribution in [1.82, 2.24) is 0 Å². The van der Waals surface area contributed by atoms with Crippen LogP contribution in [-0.4, -0.2) is 32.5 Å². The Morgan fingerprint density at radius 1 is 1.20 bits per heavy atom. The number of nitro groups is 1. The zero-order valence-electron chi connectivity index (χ0n) is 15.8. The lowest BCUT2D eigenvalue weighted by atomic mass is 10.2. The van der Waals surface area contributed by atoms with Crippen molar-refractivity contribution in [3.05, 3.63) is 63.7 Å². The van der Waals surface area contributed by atoms with Gasteiger partial charge >= 0.3 is 12.1 Å². The molecule has 0 aliphatic rings. The highest BCUT2D eigenvalue weighted by Gasteiger charge is 2.34. The monoisotopic (exact) mass is 446 g/mol. The van der Waals surface area contributed by atoms with E-state index in [0.717, 1.165) is 30.3 Å². The molecule has 0 heterocycles. The quantitative estimate of drug-likeness (QED) is 0.365. The number of benzene rings is 2. The van der Waals surface area contributed by atoms with E-state index in [1.807, 2.05) is 0 Å². The van der Waals surface area contributed by atoms with Crippen LogP contribution in [0.4, 0.5) is 24.5 Å². The third-order valence-corrected chi connectivity index (χ3v) is 5.91.